The van der Waals surface area contributed by atoms with Gasteiger partial charge in [-0.1, -0.05) is 6.07 Å². The van der Waals surface area contributed by atoms with Crippen molar-refractivity contribution in [1.29, 1.82) is 0 Å². The maximum Gasteiger partial charge on any atom is 0.389 e. The monoisotopic (exact) mass is 312 g/mol. The van der Waals surface area contributed by atoms with Crippen LogP contribution in [-0.4, -0.2) is 18.4 Å². The number of hydrogen-bond donors (Lipinski definition) is 1. The van der Waals surface area contributed by atoms with Crippen LogP contribution in [0.3, 0.4) is 0 Å². The molecular weight excluding hydrogens is 301 g/mol. The molecule has 0 aliphatic carbocycles. The fourth-order valence-electron chi connectivity index (χ4n) is 1.36. The van der Waals surface area contributed by atoms with Crippen molar-refractivity contribution in [3.8, 4) is 5.75 Å². The van der Waals surface area contributed by atoms with E-state index in [9.17, 15) is 18.3 Å². The number of ether oxygens (including phenoxy) is 1. The summed E-state index contributed by atoms with van der Waals surface area (Å²) < 4.78 is 41.6. The molecule has 0 spiro atoms. The molecular formula is C11H12BrF3O2. The van der Waals surface area contributed by atoms with E-state index in [0.717, 1.165) is 0 Å². The third kappa shape index (κ3) is 4.55. The van der Waals surface area contributed by atoms with Gasteiger partial charge in [0.2, 0.25) is 0 Å². The van der Waals surface area contributed by atoms with E-state index in [2.05, 4.69) is 15.9 Å². The summed E-state index contributed by atoms with van der Waals surface area (Å²) in [5.74, 6) is 0.566. The lowest BCUT2D eigenvalue weighted by atomic mass is 10.0. The molecule has 1 N–H and O–H groups in total. The van der Waals surface area contributed by atoms with E-state index in [1.807, 2.05) is 0 Å². The summed E-state index contributed by atoms with van der Waals surface area (Å²) in [5, 5.41) is 9.61. The molecule has 1 rings (SSSR count). The molecule has 17 heavy (non-hydrogen) atoms. The van der Waals surface area contributed by atoms with Gasteiger partial charge in [0.1, 0.15) is 5.75 Å². The van der Waals surface area contributed by atoms with Gasteiger partial charge in [0.15, 0.2) is 0 Å². The second-order valence-electron chi connectivity index (χ2n) is 3.56. The minimum Gasteiger partial charge on any atom is -0.496 e. The zero-order valence-corrected chi connectivity index (χ0v) is 10.7. The number of aliphatic hydroxyl groups is 1. The number of alkyl halides is 3. The third-order valence-corrected chi connectivity index (χ3v) is 2.88. The average Bonchev–Trinajstić information content (AvgIpc) is 2.24. The van der Waals surface area contributed by atoms with Gasteiger partial charge in [-0.3, -0.25) is 0 Å². The molecule has 0 bridgehead atoms. The minimum atomic E-state index is -4.25. The van der Waals surface area contributed by atoms with Crippen LogP contribution in [0.4, 0.5) is 13.2 Å². The Balaban J connectivity index is 2.69. The smallest absolute Gasteiger partial charge is 0.389 e. The summed E-state index contributed by atoms with van der Waals surface area (Å²) in [6.45, 7) is 0. The highest BCUT2D eigenvalue weighted by molar-refractivity contribution is 9.10. The second-order valence-corrected chi connectivity index (χ2v) is 4.42. The summed E-state index contributed by atoms with van der Waals surface area (Å²) in [5.41, 5.74) is 0.432. The molecule has 0 amide bonds. The van der Waals surface area contributed by atoms with Crippen LogP contribution < -0.4 is 4.74 Å². The van der Waals surface area contributed by atoms with Crippen molar-refractivity contribution in [3.05, 3.63) is 28.2 Å². The van der Waals surface area contributed by atoms with E-state index in [0.29, 0.717) is 15.8 Å². The van der Waals surface area contributed by atoms with Crippen molar-refractivity contribution in [1.82, 2.24) is 0 Å². The fraction of sp³-hybridized carbons (Fsp3) is 0.455. The minimum absolute atomic E-state index is 0.345. The lowest BCUT2D eigenvalue weighted by Gasteiger charge is -2.14. The SMILES string of the molecule is COc1ccc(C(O)CCC(F)(F)F)cc1Br. The predicted molar refractivity (Wildman–Crippen MR) is 60.9 cm³/mol. The highest BCUT2D eigenvalue weighted by Gasteiger charge is 2.28. The molecule has 0 aromatic heterocycles. The van der Waals surface area contributed by atoms with Crippen molar-refractivity contribution in [2.24, 2.45) is 0 Å². The molecule has 0 aliphatic heterocycles. The Morgan fingerprint density at radius 3 is 2.53 bits per heavy atom. The Labute approximate surface area is 106 Å². The van der Waals surface area contributed by atoms with Crippen molar-refractivity contribution >= 4 is 15.9 Å². The Morgan fingerprint density at radius 1 is 1.41 bits per heavy atom. The van der Waals surface area contributed by atoms with Gasteiger partial charge >= 0.3 is 6.18 Å². The topological polar surface area (TPSA) is 29.5 Å². The fourth-order valence-corrected chi connectivity index (χ4v) is 1.92. The second kappa shape index (κ2) is 5.73. The molecule has 1 atom stereocenters. The largest absolute Gasteiger partial charge is 0.496 e. The maximum absolute atomic E-state index is 12.0. The average molecular weight is 313 g/mol. The van der Waals surface area contributed by atoms with Crippen LogP contribution in [0.2, 0.25) is 0 Å². The van der Waals surface area contributed by atoms with Gasteiger partial charge < -0.3 is 9.84 Å². The van der Waals surface area contributed by atoms with Gasteiger partial charge in [-0.15, -0.1) is 0 Å². The first kappa shape index (κ1) is 14.3. The van der Waals surface area contributed by atoms with E-state index in [1.165, 1.54) is 7.11 Å². The molecule has 0 heterocycles. The predicted octanol–water partition coefficient (Wildman–Crippen LogP) is 3.83. The molecule has 0 saturated heterocycles. The number of aliphatic hydroxyl groups excluding tert-OH is 1. The van der Waals surface area contributed by atoms with Crippen LogP contribution in [0.5, 0.6) is 5.75 Å². The van der Waals surface area contributed by atoms with Crippen molar-refractivity contribution in [2.75, 3.05) is 7.11 Å². The summed E-state index contributed by atoms with van der Waals surface area (Å²) in [6.07, 6.45) is -6.72. The Kier molecular flexibility index (Phi) is 4.82. The molecule has 1 aromatic carbocycles. The lowest BCUT2D eigenvalue weighted by molar-refractivity contribution is -0.140. The molecule has 6 heteroatoms. The molecule has 0 aliphatic rings. The highest BCUT2D eigenvalue weighted by Crippen LogP contribution is 2.31. The number of methoxy groups -OCH3 is 1. The van der Waals surface area contributed by atoms with Crippen molar-refractivity contribution < 1.29 is 23.0 Å². The van der Waals surface area contributed by atoms with Gasteiger partial charge in [0.25, 0.3) is 0 Å². The first-order valence-corrected chi connectivity index (χ1v) is 5.71. The van der Waals surface area contributed by atoms with Gasteiger partial charge in [0.05, 0.1) is 17.7 Å². The van der Waals surface area contributed by atoms with Crippen LogP contribution in [0, 0.1) is 0 Å². The standard InChI is InChI=1S/C11H12BrF3O2/c1-17-10-3-2-7(6-8(10)12)9(16)4-5-11(13,14)15/h2-3,6,9,16H,4-5H2,1H3. The normalized spacial score (nSPS) is 13.5. The molecule has 0 radical (unpaired) electrons. The number of rotatable bonds is 4. The lowest BCUT2D eigenvalue weighted by Crippen LogP contribution is -2.10. The van der Waals surface area contributed by atoms with Crippen LogP contribution in [0.25, 0.3) is 0 Å². The van der Waals surface area contributed by atoms with E-state index in [1.54, 1.807) is 18.2 Å². The molecule has 1 unspecified atom stereocenters. The first-order valence-electron chi connectivity index (χ1n) is 4.92. The molecule has 0 fully saturated rings. The number of halogens is 4. The first-order chi connectivity index (χ1) is 7.83. The number of benzene rings is 1. The molecule has 2 nitrogen and oxygen atoms in total. The summed E-state index contributed by atoms with van der Waals surface area (Å²) in [4.78, 5) is 0. The van der Waals surface area contributed by atoms with E-state index < -0.39 is 18.7 Å². The summed E-state index contributed by atoms with van der Waals surface area (Å²) in [7, 11) is 1.49. The zero-order valence-electron chi connectivity index (χ0n) is 9.09. The quantitative estimate of drug-likeness (QED) is 0.915. The summed E-state index contributed by atoms with van der Waals surface area (Å²) in [6, 6.07) is 4.70. The Bertz CT molecular complexity index is 379. The van der Waals surface area contributed by atoms with Gasteiger partial charge in [-0.25, -0.2) is 0 Å². The van der Waals surface area contributed by atoms with Crippen LogP contribution >= 0.6 is 15.9 Å². The summed E-state index contributed by atoms with van der Waals surface area (Å²) >= 11 is 3.21. The molecule has 0 saturated carbocycles. The van der Waals surface area contributed by atoms with Crippen LogP contribution in [0.15, 0.2) is 22.7 Å². The zero-order chi connectivity index (χ0) is 13.1. The van der Waals surface area contributed by atoms with E-state index in [-0.39, 0.29) is 6.42 Å². The Morgan fingerprint density at radius 2 is 2.06 bits per heavy atom. The van der Waals surface area contributed by atoms with Gasteiger partial charge in [-0.2, -0.15) is 13.2 Å². The van der Waals surface area contributed by atoms with E-state index in [4.69, 9.17) is 4.74 Å². The Hall–Kier alpha value is -0.750. The van der Waals surface area contributed by atoms with Crippen LogP contribution in [0.1, 0.15) is 24.5 Å². The maximum atomic E-state index is 12.0. The van der Waals surface area contributed by atoms with Crippen LogP contribution in [-0.2, 0) is 0 Å². The third-order valence-electron chi connectivity index (χ3n) is 2.26. The van der Waals surface area contributed by atoms with Crippen molar-refractivity contribution in [2.45, 2.75) is 25.1 Å². The molecule has 96 valence electrons. The number of hydrogen-bond acceptors (Lipinski definition) is 2. The molecule has 1 aromatic rings. The van der Waals surface area contributed by atoms with E-state index >= 15 is 0 Å². The van der Waals surface area contributed by atoms with Gasteiger partial charge in [0, 0.05) is 6.42 Å². The van der Waals surface area contributed by atoms with Gasteiger partial charge in [-0.05, 0) is 40.0 Å². The van der Waals surface area contributed by atoms with Crippen molar-refractivity contribution in [3.63, 3.8) is 0 Å². The highest BCUT2D eigenvalue weighted by atomic mass is 79.9.